The summed E-state index contributed by atoms with van der Waals surface area (Å²) in [5.74, 6) is -0.177. The number of nitrogens with one attached hydrogen (secondary N) is 3. The third-order valence-corrected chi connectivity index (χ3v) is 6.54. The zero-order valence-corrected chi connectivity index (χ0v) is 19.8. The molecule has 1 unspecified atom stereocenters. The van der Waals surface area contributed by atoms with E-state index in [1.165, 1.54) is 6.42 Å². The fraction of sp³-hybridized carbons (Fsp3) is 0.417. The smallest absolute Gasteiger partial charge is 0.323 e. The molecule has 176 valence electrons. The number of hydrogen-bond donors (Lipinski definition) is 3. The van der Waals surface area contributed by atoms with Crippen molar-refractivity contribution in [3.05, 3.63) is 52.0 Å². The number of carbonyl (C=O) groups is 2. The van der Waals surface area contributed by atoms with Crippen LogP contribution in [-0.4, -0.2) is 44.3 Å². The van der Waals surface area contributed by atoms with Gasteiger partial charge in [-0.25, -0.2) is 4.79 Å². The molecule has 2 heterocycles. The number of anilines is 3. The van der Waals surface area contributed by atoms with Crippen molar-refractivity contribution in [1.29, 1.82) is 0 Å². The van der Waals surface area contributed by atoms with E-state index in [0.717, 1.165) is 51.1 Å². The van der Waals surface area contributed by atoms with Crippen LogP contribution in [0, 0.1) is 0 Å². The summed E-state index contributed by atoms with van der Waals surface area (Å²) in [6, 6.07) is 9.90. The van der Waals surface area contributed by atoms with Crippen LogP contribution in [0.2, 0.25) is 10.0 Å². The lowest BCUT2D eigenvalue weighted by atomic mass is 10.1. The molecule has 9 heteroatoms. The van der Waals surface area contributed by atoms with Crippen LogP contribution in [0.5, 0.6) is 0 Å². The van der Waals surface area contributed by atoms with Crippen LogP contribution in [0.25, 0.3) is 0 Å². The molecule has 2 fully saturated rings. The largest absolute Gasteiger partial charge is 0.376 e. The molecule has 2 aromatic rings. The van der Waals surface area contributed by atoms with Crippen LogP contribution in [0.4, 0.5) is 21.9 Å². The number of benzene rings is 2. The zero-order chi connectivity index (χ0) is 23.2. The molecule has 4 rings (SSSR count). The van der Waals surface area contributed by atoms with Gasteiger partial charge in [-0.3, -0.25) is 4.79 Å². The van der Waals surface area contributed by atoms with Crippen molar-refractivity contribution in [2.75, 3.05) is 41.8 Å². The third kappa shape index (κ3) is 6.10. The molecule has 1 atom stereocenters. The van der Waals surface area contributed by atoms with Crippen LogP contribution >= 0.6 is 23.2 Å². The van der Waals surface area contributed by atoms with Gasteiger partial charge in [0.2, 0.25) is 0 Å². The Morgan fingerprint density at radius 2 is 1.76 bits per heavy atom. The summed E-state index contributed by atoms with van der Waals surface area (Å²) in [5.41, 5.74) is 2.24. The Bertz CT molecular complexity index is 985. The average Bonchev–Trinajstić information content (AvgIpc) is 3.34. The average molecular weight is 491 g/mol. The molecule has 2 aliphatic rings. The van der Waals surface area contributed by atoms with E-state index in [-0.39, 0.29) is 12.0 Å². The Labute approximate surface area is 203 Å². The Morgan fingerprint density at radius 1 is 1.00 bits per heavy atom. The van der Waals surface area contributed by atoms with Gasteiger partial charge in [0.1, 0.15) is 0 Å². The number of para-hydroxylation sites is 1. The first kappa shape index (κ1) is 23.7. The van der Waals surface area contributed by atoms with Crippen molar-refractivity contribution in [1.82, 2.24) is 5.32 Å². The quantitative estimate of drug-likeness (QED) is 0.496. The first-order valence-electron chi connectivity index (χ1n) is 11.3. The lowest BCUT2D eigenvalue weighted by molar-refractivity contribution is 0.0858. The number of halogens is 2. The van der Waals surface area contributed by atoms with Crippen molar-refractivity contribution in [3.8, 4) is 0 Å². The Balaban J connectivity index is 1.51. The first-order valence-corrected chi connectivity index (χ1v) is 12.1. The predicted octanol–water partition coefficient (Wildman–Crippen LogP) is 5.54. The van der Waals surface area contributed by atoms with Gasteiger partial charge in [-0.05, 0) is 62.4 Å². The van der Waals surface area contributed by atoms with E-state index in [1.807, 2.05) is 6.07 Å². The first-order chi connectivity index (χ1) is 16.0. The third-order valence-electron chi connectivity index (χ3n) is 5.91. The molecule has 0 aromatic heterocycles. The summed E-state index contributed by atoms with van der Waals surface area (Å²) in [4.78, 5) is 27.9. The highest BCUT2D eigenvalue weighted by Crippen LogP contribution is 2.31. The standard InChI is InChI=1S/C24H28Cl2N4O3/c25-19-7-4-8-20(26)22(19)29-24(32)28-16-9-10-21(30-11-2-1-3-12-30)18(14-16)23(31)27-15-17-6-5-13-33-17/h4,7-10,14,17H,1-3,5-6,11-13,15H2,(H,27,31)(H2,28,29,32). The molecule has 0 radical (unpaired) electrons. The number of rotatable bonds is 6. The molecule has 7 nitrogen and oxygen atoms in total. The van der Waals surface area contributed by atoms with Crippen LogP contribution in [0.15, 0.2) is 36.4 Å². The number of carbonyl (C=O) groups excluding carboxylic acids is 2. The second-order valence-electron chi connectivity index (χ2n) is 8.30. The second kappa shape index (κ2) is 11.1. The fourth-order valence-corrected chi connectivity index (χ4v) is 4.70. The van der Waals surface area contributed by atoms with Crippen LogP contribution < -0.4 is 20.9 Å². The molecule has 0 aliphatic carbocycles. The number of ether oxygens (including phenoxy) is 1. The van der Waals surface area contributed by atoms with Gasteiger partial charge in [0.15, 0.2) is 0 Å². The maximum atomic E-state index is 13.1. The van der Waals surface area contributed by atoms with E-state index in [0.29, 0.717) is 33.5 Å². The number of hydrogen-bond acceptors (Lipinski definition) is 4. The number of amides is 3. The second-order valence-corrected chi connectivity index (χ2v) is 9.11. The van der Waals surface area contributed by atoms with Crippen LogP contribution in [0.3, 0.4) is 0 Å². The van der Waals surface area contributed by atoms with Gasteiger partial charge in [0.05, 0.1) is 27.4 Å². The van der Waals surface area contributed by atoms with E-state index >= 15 is 0 Å². The van der Waals surface area contributed by atoms with Crippen molar-refractivity contribution >= 4 is 52.2 Å². The highest BCUT2D eigenvalue weighted by atomic mass is 35.5. The molecule has 0 saturated carbocycles. The number of piperidine rings is 1. The normalized spacial score (nSPS) is 18.1. The minimum Gasteiger partial charge on any atom is -0.376 e. The molecule has 3 N–H and O–H groups in total. The summed E-state index contributed by atoms with van der Waals surface area (Å²) in [5, 5.41) is 9.13. The van der Waals surface area contributed by atoms with Gasteiger partial charge >= 0.3 is 6.03 Å². The van der Waals surface area contributed by atoms with Gasteiger partial charge in [-0.15, -0.1) is 0 Å². The SMILES string of the molecule is O=C(Nc1ccc(N2CCCCC2)c(C(=O)NCC2CCCO2)c1)Nc1c(Cl)cccc1Cl. The Kier molecular flexibility index (Phi) is 7.96. The van der Waals surface area contributed by atoms with E-state index in [9.17, 15) is 9.59 Å². The van der Waals surface area contributed by atoms with Crippen molar-refractivity contribution < 1.29 is 14.3 Å². The number of urea groups is 1. The van der Waals surface area contributed by atoms with Gasteiger partial charge < -0.3 is 25.6 Å². The van der Waals surface area contributed by atoms with Gasteiger partial charge in [-0.2, -0.15) is 0 Å². The lowest BCUT2D eigenvalue weighted by Crippen LogP contribution is -2.35. The maximum absolute atomic E-state index is 13.1. The summed E-state index contributed by atoms with van der Waals surface area (Å²) >= 11 is 12.3. The van der Waals surface area contributed by atoms with Crippen LogP contribution in [0.1, 0.15) is 42.5 Å². The Morgan fingerprint density at radius 3 is 2.45 bits per heavy atom. The minimum atomic E-state index is -0.499. The molecule has 33 heavy (non-hydrogen) atoms. The minimum absolute atomic E-state index is 0.0554. The van der Waals surface area contributed by atoms with Crippen molar-refractivity contribution in [2.45, 2.75) is 38.2 Å². The van der Waals surface area contributed by atoms with E-state index in [1.54, 1.807) is 30.3 Å². The van der Waals surface area contributed by atoms with Gasteiger partial charge in [-0.1, -0.05) is 29.3 Å². The Hall–Kier alpha value is -2.48. The molecular formula is C24H28Cl2N4O3. The maximum Gasteiger partial charge on any atom is 0.323 e. The van der Waals surface area contributed by atoms with E-state index < -0.39 is 6.03 Å². The van der Waals surface area contributed by atoms with E-state index in [2.05, 4.69) is 20.9 Å². The fourth-order valence-electron chi connectivity index (χ4n) is 4.21. The molecular weight excluding hydrogens is 463 g/mol. The summed E-state index contributed by atoms with van der Waals surface area (Å²) in [7, 11) is 0. The number of nitrogens with zero attached hydrogens (tertiary/aromatic N) is 1. The van der Waals surface area contributed by atoms with Crippen molar-refractivity contribution in [3.63, 3.8) is 0 Å². The lowest BCUT2D eigenvalue weighted by Gasteiger charge is -2.30. The molecule has 3 amide bonds. The summed E-state index contributed by atoms with van der Waals surface area (Å²) < 4.78 is 5.63. The van der Waals surface area contributed by atoms with E-state index in [4.69, 9.17) is 27.9 Å². The highest BCUT2D eigenvalue weighted by molar-refractivity contribution is 6.39. The molecule has 0 bridgehead atoms. The molecule has 0 spiro atoms. The van der Waals surface area contributed by atoms with Gasteiger partial charge in [0, 0.05) is 37.6 Å². The summed E-state index contributed by atoms with van der Waals surface area (Å²) in [6.45, 7) is 3.03. The highest BCUT2D eigenvalue weighted by Gasteiger charge is 2.22. The topological polar surface area (TPSA) is 82.7 Å². The monoisotopic (exact) mass is 490 g/mol. The van der Waals surface area contributed by atoms with Gasteiger partial charge in [0.25, 0.3) is 5.91 Å². The van der Waals surface area contributed by atoms with Crippen molar-refractivity contribution in [2.24, 2.45) is 0 Å². The predicted molar refractivity (Wildman–Crippen MR) is 133 cm³/mol. The molecule has 2 aromatic carbocycles. The molecule has 2 aliphatic heterocycles. The summed E-state index contributed by atoms with van der Waals surface area (Å²) in [6.07, 6.45) is 5.41. The molecule has 2 saturated heterocycles. The zero-order valence-electron chi connectivity index (χ0n) is 18.3. The van der Waals surface area contributed by atoms with Crippen LogP contribution in [-0.2, 0) is 4.74 Å².